The van der Waals surface area contributed by atoms with E-state index in [9.17, 15) is 8.78 Å². The van der Waals surface area contributed by atoms with E-state index in [1.165, 1.54) is 31.4 Å². The van der Waals surface area contributed by atoms with E-state index in [1.807, 2.05) is 6.92 Å². The Morgan fingerprint density at radius 2 is 1.90 bits per heavy atom. The van der Waals surface area contributed by atoms with Crippen LogP contribution in [0.15, 0.2) is 18.2 Å². The maximum Gasteiger partial charge on any atom is 0.126 e. The fourth-order valence-corrected chi connectivity index (χ4v) is 2.75. The Balaban J connectivity index is 1.98. The minimum Gasteiger partial charge on any atom is -0.310 e. The molecule has 2 rings (SSSR count). The zero-order valence-electron chi connectivity index (χ0n) is 12.3. The quantitative estimate of drug-likeness (QED) is 0.823. The molecule has 1 unspecified atom stereocenters. The first kappa shape index (κ1) is 15.4. The molecule has 112 valence electrons. The van der Waals surface area contributed by atoms with Crippen molar-refractivity contribution in [2.75, 3.05) is 20.1 Å². The molecule has 2 nitrogen and oxygen atoms in total. The van der Waals surface area contributed by atoms with Crippen LogP contribution in [-0.4, -0.2) is 31.1 Å². The van der Waals surface area contributed by atoms with Crippen LogP contribution in [0.4, 0.5) is 8.78 Å². The molecule has 0 spiro atoms. The van der Waals surface area contributed by atoms with Crippen LogP contribution in [0, 0.1) is 11.6 Å². The van der Waals surface area contributed by atoms with E-state index in [2.05, 4.69) is 17.3 Å². The highest BCUT2D eigenvalue weighted by Gasteiger charge is 2.22. The number of hydrogen-bond donors (Lipinski definition) is 1. The number of rotatable bonds is 7. The third-order valence-corrected chi connectivity index (χ3v) is 4.21. The molecule has 20 heavy (non-hydrogen) atoms. The molecule has 0 aromatic heterocycles. The molecule has 1 saturated carbocycles. The highest BCUT2D eigenvalue weighted by Crippen LogP contribution is 2.25. The van der Waals surface area contributed by atoms with Gasteiger partial charge in [-0.25, -0.2) is 8.78 Å². The first-order valence-corrected chi connectivity index (χ1v) is 7.49. The van der Waals surface area contributed by atoms with Crippen molar-refractivity contribution in [2.24, 2.45) is 0 Å². The second-order valence-corrected chi connectivity index (χ2v) is 5.67. The normalized spacial score (nSPS) is 17.2. The molecule has 0 aliphatic heterocycles. The fourth-order valence-electron chi connectivity index (χ4n) is 2.75. The minimum absolute atomic E-state index is 0.00715. The predicted octanol–water partition coefficient (Wildman–Crippen LogP) is 3.49. The highest BCUT2D eigenvalue weighted by molar-refractivity contribution is 5.21. The van der Waals surface area contributed by atoms with Crippen LogP contribution >= 0.6 is 0 Å². The van der Waals surface area contributed by atoms with Gasteiger partial charge in [0.1, 0.15) is 11.6 Å². The van der Waals surface area contributed by atoms with Crippen molar-refractivity contribution in [3.8, 4) is 0 Å². The van der Waals surface area contributed by atoms with E-state index >= 15 is 0 Å². The van der Waals surface area contributed by atoms with Gasteiger partial charge >= 0.3 is 0 Å². The first-order chi connectivity index (χ1) is 9.60. The molecule has 0 radical (unpaired) electrons. The van der Waals surface area contributed by atoms with E-state index in [4.69, 9.17) is 0 Å². The van der Waals surface area contributed by atoms with Gasteiger partial charge < -0.3 is 10.2 Å². The maximum absolute atomic E-state index is 13.3. The lowest BCUT2D eigenvalue weighted by molar-refractivity contribution is 0.153. The van der Waals surface area contributed by atoms with Crippen LogP contribution in [-0.2, 0) is 0 Å². The second-order valence-electron chi connectivity index (χ2n) is 5.67. The van der Waals surface area contributed by atoms with Crippen molar-refractivity contribution >= 4 is 0 Å². The van der Waals surface area contributed by atoms with Gasteiger partial charge in [-0.2, -0.15) is 0 Å². The van der Waals surface area contributed by atoms with Crippen LogP contribution in [0.5, 0.6) is 0 Å². The molecule has 0 amide bonds. The zero-order valence-corrected chi connectivity index (χ0v) is 12.3. The molecule has 1 aliphatic carbocycles. The lowest BCUT2D eigenvalue weighted by atomic mass is 9.91. The van der Waals surface area contributed by atoms with Crippen molar-refractivity contribution in [1.29, 1.82) is 0 Å². The number of nitrogens with one attached hydrogen (secondary N) is 1. The predicted molar refractivity (Wildman–Crippen MR) is 77.7 cm³/mol. The minimum atomic E-state index is -0.504. The molecule has 1 aliphatic rings. The molecule has 1 N–H and O–H groups in total. The Morgan fingerprint density at radius 3 is 2.40 bits per heavy atom. The summed E-state index contributed by atoms with van der Waals surface area (Å²) in [6, 6.07) is 4.49. The van der Waals surface area contributed by atoms with E-state index in [1.54, 1.807) is 0 Å². The van der Waals surface area contributed by atoms with Gasteiger partial charge in [-0.1, -0.05) is 13.3 Å². The molecule has 0 heterocycles. The molecule has 1 aromatic carbocycles. The summed E-state index contributed by atoms with van der Waals surface area (Å²) in [5, 5.41) is 3.32. The lowest BCUT2D eigenvalue weighted by Crippen LogP contribution is -2.39. The van der Waals surface area contributed by atoms with Crippen LogP contribution in [0.1, 0.15) is 44.2 Å². The van der Waals surface area contributed by atoms with E-state index in [0.717, 1.165) is 25.6 Å². The number of nitrogens with zero attached hydrogens (tertiary/aromatic N) is 1. The largest absolute Gasteiger partial charge is 0.310 e. The smallest absolute Gasteiger partial charge is 0.126 e. The zero-order chi connectivity index (χ0) is 14.5. The van der Waals surface area contributed by atoms with Gasteiger partial charge in [-0.3, -0.25) is 0 Å². The van der Waals surface area contributed by atoms with Gasteiger partial charge in [0.2, 0.25) is 0 Å². The molecule has 1 atom stereocenters. The monoisotopic (exact) mass is 282 g/mol. The summed E-state index contributed by atoms with van der Waals surface area (Å²) in [5.74, 6) is -1.01. The highest BCUT2D eigenvalue weighted by atomic mass is 19.1. The Labute approximate surface area is 120 Å². The summed E-state index contributed by atoms with van der Waals surface area (Å²) in [6.45, 7) is 3.74. The van der Waals surface area contributed by atoms with Gasteiger partial charge in [0, 0.05) is 18.2 Å². The van der Waals surface area contributed by atoms with Crippen molar-refractivity contribution in [1.82, 2.24) is 10.2 Å². The number of halogens is 2. The summed E-state index contributed by atoms with van der Waals surface area (Å²) in [7, 11) is 2.14. The summed E-state index contributed by atoms with van der Waals surface area (Å²) in [5.41, 5.74) is 0.700. The van der Waals surface area contributed by atoms with Crippen molar-refractivity contribution < 1.29 is 8.78 Å². The number of benzene rings is 1. The van der Waals surface area contributed by atoms with Crippen LogP contribution in [0.3, 0.4) is 0 Å². The van der Waals surface area contributed by atoms with E-state index in [0.29, 0.717) is 11.6 Å². The molecular formula is C16H24F2N2. The maximum atomic E-state index is 13.3. The van der Waals surface area contributed by atoms with Crippen LogP contribution in [0.2, 0.25) is 0 Å². The molecule has 1 aromatic rings. The van der Waals surface area contributed by atoms with Crippen LogP contribution in [0.25, 0.3) is 0 Å². The third kappa shape index (κ3) is 4.00. The average Bonchev–Trinajstić information content (AvgIpc) is 2.31. The van der Waals surface area contributed by atoms with Gasteiger partial charge in [-0.05, 0) is 57.1 Å². The molecule has 4 heteroatoms. The summed E-state index contributed by atoms with van der Waals surface area (Å²) >= 11 is 0. The van der Waals surface area contributed by atoms with Crippen molar-refractivity contribution in [2.45, 2.75) is 44.7 Å². The van der Waals surface area contributed by atoms with Gasteiger partial charge in [-0.15, -0.1) is 0 Å². The Bertz CT molecular complexity index is 412. The molecule has 0 saturated heterocycles. The van der Waals surface area contributed by atoms with Crippen molar-refractivity contribution in [3.05, 3.63) is 35.4 Å². The topological polar surface area (TPSA) is 15.3 Å². The van der Waals surface area contributed by atoms with Crippen LogP contribution < -0.4 is 5.32 Å². The summed E-state index contributed by atoms with van der Waals surface area (Å²) in [4.78, 5) is 2.36. The Kier molecular flexibility index (Phi) is 5.49. The van der Waals surface area contributed by atoms with Crippen molar-refractivity contribution in [3.63, 3.8) is 0 Å². The number of hydrogen-bond acceptors (Lipinski definition) is 2. The molecule has 0 bridgehead atoms. The molecular weight excluding hydrogens is 258 g/mol. The third-order valence-electron chi connectivity index (χ3n) is 4.21. The van der Waals surface area contributed by atoms with Gasteiger partial charge in [0.25, 0.3) is 0 Å². The van der Waals surface area contributed by atoms with E-state index < -0.39 is 11.6 Å². The van der Waals surface area contributed by atoms with E-state index in [-0.39, 0.29) is 6.04 Å². The summed E-state index contributed by atoms with van der Waals surface area (Å²) in [6.07, 6.45) is 4.73. The fraction of sp³-hybridized carbons (Fsp3) is 0.625. The SMILES string of the molecule is CCNC(CCN(C)C1CCC1)c1cc(F)cc(F)c1. The first-order valence-electron chi connectivity index (χ1n) is 7.49. The van der Waals surface area contributed by atoms with Gasteiger partial charge in [0.15, 0.2) is 0 Å². The Hall–Kier alpha value is -1.00. The van der Waals surface area contributed by atoms with Gasteiger partial charge in [0.05, 0.1) is 0 Å². The second kappa shape index (κ2) is 7.14. The standard InChI is InChI=1S/C16H24F2N2/c1-3-19-16(7-8-20(2)15-5-4-6-15)12-9-13(17)11-14(18)10-12/h9-11,15-16,19H,3-8H2,1-2H3. The average molecular weight is 282 g/mol. The summed E-state index contributed by atoms with van der Waals surface area (Å²) < 4.78 is 26.7. The molecule has 1 fully saturated rings. The lowest BCUT2D eigenvalue weighted by Gasteiger charge is -2.35. The Morgan fingerprint density at radius 1 is 1.25 bits per heavy atom.